The number of pyridine rings is 1. The first kappa shape index (κ1) is 26.6. The first-order chi connectivity index (χ1) is 18.4. The molecule has 7 nitrogen and oxygen atoms in total. The number of aryl methyl sites for hydroxylation is 2. The van der Waals surface area contributed by atoms with Crippen LogP contribution in [0.1, 0.15) is 37.4 Å². The number of rotatable bonds is 6. The van der Waals surface area contributed by atoms with Gasteiger partial charge in [-0.05, 0) is 83.5 Å². The van der Waals surface area contributed by atoms with E-state index in [9.17, 15) is 9.59 Å². The van der Waals surface area contributed by atoms with Crippen LogP contribution in [0.2, 0.25) is 0 Å². The van der Waals surface area contributed by atoms with Crippen molar-refractivity contribution < 1.29 is 9.59 Å². The lowest BCUT2D eigenvalue weighted by atomic mass is 9.98. The minimum absolute atomic E-state index is 0.0987. The van der Waals surface area contributed by atoms with Gasteiger partial charge in [0.2, 0.25) is 0 Å². The summed E-state index contributed by atoms with van der Waals surface area (Å²) in [6.07, 6.45) is 2.77. The number of halogens is 1. The minimum Gasteiger partial charge on any atom is -0.367 e. The summed E-state index contributed by atoms with van der Waals surface area (Å²) in [6, 6.07) is 16.0. The number of aromatic nitrogens is 1. The van der Waals surface area contributed by atoms with Crippen LogP contribution < -0.4 is 9.80 Å². The molecule has 0 spiro atoms. The van der Waals surface area contributed by atoms with Crippen LogP contribution in [0.3, 0.4) is 0 Å². The quantitative estimate of drug-likeness (QED) is 0.300. The fourth-order valence-corrected chi connectivity index (χ4v) is 6.15. The summed E-state index contributed by atoms with van der Waals surface area (Å²) >= 11 is 2.36. The topological polar surface area (TPSA) is 60.0 Å². The number of hydrogen-bond donors (Lipinski definition) is 0. The zero-order valence-electron chi connectivity index (χ0n) is 22.1. The van der Waals surface area contributed by atoms with Crippen molar-refractivity contribution in [3.63, 3.8) is 0 Å². The lowest BCUT2D eigenvalue weighted by Crippen LogP contribution is -2.49. The van der Waals surface area contributed by atoms with Gasteiger partial charge in [-0.15, -0.1) is 0 Å². The first-order valence-electron chi connectivity index (χ1n) is 13.2. The molecule has 1 amide bonds. The Morgan fingerprint density at radius 1 is 0.895 bits per heavy atom. The first-order valence-corrected chi connectivity index (χ1v) is 14.3. The third-order valence-corrected chi connectivity index (χ3v) is 8.53. The van der Waals surface area contributed by atoms with Crippen LogP contribution in [0.5, 0.6) is 0 Å². The lowest BCUT2D eigenvalue weighted by Gasteiger charge is -2.37. The van der Waals surface area contributed by atoms with Crippen molar-refractivity contribution in [3.8, 4) is 0 Å². The van der Waals surface area contributed by atoms with E-state index in [1.54, 1.807) is 0 Å². The second-order valence-electron chi connectivity index (χ2n) is 10.1. The second kappa shape index (κ2) is 11.8. The molecular formula is C30H34IN5O2. The van der Waals surface area contributed by atoms with Gasteiger partial charge in [0.1, 0.15) is 5.82 Å². The fraction of sp³-hybridized carbons (Fsp3) is 0.367. The van der Waals surface area contributed by atoms with Crippen molar-refractivity contribution in [1.82, 2.24) is 14.8 Å². The van der Waals surface area contributed by atoms with Crippen LogP contribution in [0, 0.1) is 17.4 Å². The number of nitrogens with zero attached hydrogens (tertiary/aromatic N) is 5. The van der Waals surface area contributed by atoms with Gasteiger partial charge < -0.3 is 14.7 Å². The summed E-state index contributed by atoms with van der Waals surface area (Å²) in [5.41, 5.74) is 5.92. The van der Waals surface area contributed by atoms with Crippen LogP contribution in [-0.2, 0) is 6.54 Å². The van der Waals surface area contributed by atoms with Gasteiger partial charge in [-0.25, -0.2) is 4.98 Å². The van der Waals surface area contributed by atoms with E-state index in [1.165, 1.54) is 14.7 Å². The Balaban J connectivity index is 1.23. The lowest BCUT2D eigenvalue weighted by molar-refractivity contribution is 0.0745. The molecule has 0 N–H and O–H groups in total. The van der Waals surface area contributed by atoms with Crippen LogP contribution >= 0.6 is 22.6 Å². The summed E-state index contributed by atoms with van der Waals surface area (Å²) in [6.45, 7) is 11.6. The van der Waals surface area contributed by atoms with Crippen molar-refractivity contribution >= 4 is 46.3 Å². The Hall–Kier alpha value is -2.98. The molecule has 2 fully saturated rings. The van der Waals surface area contributed by atoms with Crippen LogP contribution in [0.4, 0.5) is 11.5 Å². The molecule has 2 aromatic carbocycles. The minimum atomic E-state index is 0.0987. The average molecular weight is 624 g/mol. The van der Waals surface area contributed by atoms with E-state index in [0.29, 0.717) is 31.7 Å². The number of amides is 1. The van der Waals surface area contributed by atoms with Crippen LogP contribution in [-0.4, -0.2) is 79.3 Å². The zero-order valence-corrected chi connectivity index (χ0v) is 24.2. The van der Waals surface area contributed by atoms with Gasteiger partial charge in [0.15, 0.2) is 6.29 Å². The molecule has 3 heterocycles. The highest BCUT2D eigenvalue weighted by atomic mass is 127. The van der Waals surface area contributed by atoms with E-state index >= 15 is 0 Å². The molecule has 0 atom stereocenters. The standard InChI is InChI=1S/C30H34IN5O2/c1-22-18-23(2)26(30(38)36-16-14-34(15-17-36)28-8-4-3-6-24(28)21-37)19-25(22)20-33-10-12-35(13-11-33)29-27(31)7-5-9-32-29/h3-9,18-19,21H,10-17,20H2,1-2H3. The summed E-state index contributed by atoms with van der Waals surface area (Å²) in [4.78, 5) is 38.6. The summed E-state index contributed by atoms with van der Waals surface area (Å²) in [7, 11) is 0. The molecule has 0 aliphatic carbocycles. The Morgan fingerprint density at radius 3 is 2.32 bits per heavy atom. The van der Waals surface area contributed by atoms with Crippen molar-refractivity contribution in [2.75, 3.05) is 62.2 Å². The molecule has 2 aliphatic rings. The van der Waals surface area contributed by atoms with Gasteiger partial charge in [0.25, 0.3) is 5.91 Å². The molecule has 0 unspecified atom stereocenters. The van der Waals surface area contributed by atoms with E-state index < -0.39 is 0 Å². The van der Waals surface area contributed by atoms with E-state index in [2.05, 4.69) is 67.4 Å². The smallest absolute Gasteiger partial charge is 0.254 e. The molecule has 2 aliphatic heterocycles. The predicted octanol–water partition coefficient (Wildman–Crippen LogP) is 4.40. The van der Waals surface area contributed by atoms with Gasteiger partial charge >= 0.3 is 0 Å². The molecule has 2 saturated heterocycles. The highest BCUT2D eigenvalue weighted by Gasteiger charge is 2.26. The second-order valence-corrected chi connectivity index (χ2v) is 11.3. The molecular weight excluding hydrogens is 589 g/mol. The highest BCUT2D eigenvalue weighted by Crippen LogP contribution is 2.25. The van der Waals surface area contributed by atoms with Crippen LogP contribution in [0.25, 0.3) is 0 Å². The maximum absolute atomic E-state index is 13.6. The van der Waals surface area contributed by atoms with Gasteiger partial charge in [-0.3, -0.25) is 14.5 Å². The van der Waals surface area contributed by atoms with Crippen molar-refractivity contribution in [2.24, 2.45) is 0 Å². The molecule has 0 saturated carbocycles. The Bertz CT molecular complexity index is 1310. The number of piperazine rings is 2. The summed E-state index contributed by atoms with van der Waals surface area (Å²) < 4.78 is 1.19. The van der Waals surface area contributed by atoms with E-state index in [0.717, 1.165) is 61.6 Å². The molecule has 0 bridgehead atoms. The number of hydrogen-bond acceptors (Lipinski definition) is 6. The molecule has 8 heteroatoms. The molecule has 1 aromatic heterocycles. The number of carbonyl (C=O) groups is 2. The van der Waals surface area contributed by atoms with Crippen LogP contribution in [0.15, 0.2) is 54.7 Å². The molecule has 38 heavy (non-hydrogen) atoms. The SMILES string of the molecule is Cc1cc(C)c(C(=O)N2CCN(c3ccccc3C=O)CC2)cc1CN1CCN(c2ncccc2I)CC1. The largest absolute Gasteiger partial charge is 0.367 e. The maximum Gasteiger partial charge on any atom is 0.254 e. The molecule has 3 aromatic rings. The fourth-order valence-electron chi connectivity index (χ4n) is 5.46. The zero-order chi connectivity index (χ0) is 26.6. The van der Waals surface area contributed by atoms with Gasteiger partial charge in [0, 0.05) is 81.9 Å². The number of aldehydes is 1. The highest BCUT2D eigenvalue weighted by molar-refractivity contribution is 14.1. The van der Waals surface area contributed by atoms with Crippen molar-refractivity contribution in [3.05, 3.63) is 86.1 Å². The molecule has 5 rings (SSSR count). The maximum atomic E-state index is 13.6. The van der Waals surface area contributed by atoms with E-state index in [1.807, 2.05) is 48.4 Å². The van der Waals surface area contributed by atoms with Crippen molar-refractivity contribution in [1.29, 1.82) is 0 Å². The number of benzene rings is 2. The third kappa shape index (κ3) is 5.71. The Morgan fingerprint density at radius 2 is 1.61 bits per heavy atom. The summed E-state index contributed by atoms with van der Waals surface area (Å²) in [5.74, 6) is 1.17. The summed E-state index contributed by atoms with van der Waals surface area (Å²) in [5, 5.41) is 0. The number of para-hydroxylation sites is 1. The molecule has 0 radical (unpaired) electrons. The Kier molecular flexibility index (Phi) is 8.28. The van der Waals surface area contributed by atoms with E-state index in [-0.39, 0.29) is 5.91 Å². The monoisotopic (exact) mass is 623 g/mol. The molecule has 198 valence electrons. The Labute approximate surface area is 238 Å². The number of anilines is 2. The van der Waals surface area contributed by atoms with Gasteiger partial charge in [0.05, 0.1) is 3.57 Å². The predicted molar refractivity (Wildman–Crippen MR) is 160 cm³/mol. The average Bonchev–Trinajstić information content (AvgIpc) is 2.95. The van der Waals surface area contributed by atoms with Crippen molar-refractivity contribution in [2.45, 2.75) is 20.4 Å². The van der Waals surface area contributed by atoms with Gasteiger partial charge in [-0.2, -0.15) is 0 Å². The number of carbonyl (C=O) groups excluding carboxylic acids is 2. The van der Waals surface area contributed by atoms with E-state index in [4.69, 9.17) is 0 Å². The van der Waals surface area contributed by atoms with Gasteiger partial charge in [-0.1, -0.05) is 18.2 Å². The normalized spacial score (nSPS) is 16.6. The third-order valence-electron chi connectivity index (χ3n) is 7.69.